The lowest BCUT2D eigenvalue weighted by Gasteiger charge is -2.40. The maximum absolute atomic E-state index is 6.49. The van der Waals surface area contributed by atoms with Gasteiger partial charge in [0.25, 0.3) is 0 Å². The highest BCUT2D eigenvalue weighted by Gasteiger charge is 2.34. The molecule has 3 rings (SSSR count). The van der Waals surface area contributed by atoms with Crippen LogP contribution in [-0.4, -0.2) is 61.8 Å². The fraction of sp³-hybridized carbons (Fsp3) is 0.727. The van der Waals surface area contributed by atoms with Crippen LogP contribution in [0.15, 0.2) is 24.3 Å². The number of benzene rings is 1. The zero-order chi connectivity index (χ0) is 18.6. The molecular weight excluding hydrogens is 344 g/mol. The first-order valence-corrected chi connectivity index (χ1v) is 10.6. The van der Waals surface area contributed by atoms with Gasteiger partial charge in [-0.25, -0.2) is 0 Å². The summed E-state index contributed by atoms with van der Waals surface area (Å²) in [6.07, 6.45) is 4.69. The second kappa shape index (κ2) is 9.05. The highest BCUT2D eigenvalue weighted by atomic mass is 35.5. The molecule has 0 saturated carbocycles. The topological polar surface area (TPSA) is 15.7 Å². The molecule has 2 heterocycles. The summed E-state index contributed by atoms with van der Waals surface area (Å²) in [4.78, 5) is 5.07. The third-order valence-corrected chi connectivity index (χ3v) is 6.62. The van der Waals surface area contributed by atoms with E-state index in [1.54, 1.807) is 0 Å². The molecule has 2 saturated heterocycles. The maximum Gasteiger partial charge on any atom is 0.0629 e. The second-order valence-corrected chi connectivity index (χ2v) is 9.26. The molecule has 0 aliphatic carbocycles. The molecule has 0 radical (unpaired) electrons. The summed E-state index contributed by atoms with van der Waals surface area (Å²) in [6.45, 7) is 11.4. The molecule has 2 aliphatic heterocycles. The lowest BCUT2D eigenvalue weighted by Crippen LogP contribution is -2.45. The van der Waals surface area contributed by atoms with Gasteiger partial charge in [0.05, 0.1) is 5.60 Å². The Balaban J connectivity index is 1.65. The highest BCUT2D eigenvalue weighted by Crippen LogP contribution is 2.37. The molecule has 0 amide bonds. The third-order valence-electron chi connectivity index (χ3n) is 6.25. The number of hydrogen-bond donors (Lipinski definition) is 0. The first kappa shape index (κ1) is 20.1. The summed E-state index contributed by atoms with van der Waals surface area (Å²) in [7, 11) is 2.22. The predicted molar refractivity (Wildman–Crippen MR) is 110 cm³/mol. The molecule has 1 aromatic rings. The fourth-order valence-corrected chi connectivity index (χ4v) is 4.76. The quantitative estimate of drug-likeness (QED) is 0.732. The summed E-state index contributed by atoms with van der Waals surface area (Å²) in [5.74, 6) is 1.40. The van der Waals surface area contributed by atoms with E-state index in [1.807, 2.05) is 12.1 Å². The molecule has 2 atom stereocenters. The Hall–Kier alpha value is -0.610. The Morgan fingerprint density at radius 3 is 2.62 bits per heavy atom. The molecule has 2 fully saturated rings. The van der Waals surface area contributed by atoms with Crippen molar-refractivity contribution >= 4 is 11.6 Å². The van der Waals surface area contributed by atoms with Gasteiger partial charge in [0.15, 0.2) is 0 Å². The van der Waals surface area contributed by atoms with Crippen molar-refractivity contribution in [3.8, 4) is 0 Å². The van der Waals surface area contributed by atoms with Gasteiger partial charge >= 0.3 is 0 Å². The van der Waals surface area contributed by atoms with Crippen LogP contribution >= 0.6 is 11.6 Å². The van der Waals surface area contributed by atoms with Crippen LogP contribution in [0.3, 0.4) is 0 Å². The van der Waals surface area contributed by atoms with Crippen LogP contribution in [0.1, 0.15) is 38.7 Å². The Kier molecular flexibility index (Phi) is 7.01. The summed E-state index contributed by atoms with van der Waals surface area (Å²) in [5, 5.41) is 0.920. The smallest absolute Gasteiger partial charge is 0.0629 e. The molecule has 1 aromatic carbocycles. The van der Waals surface area contributed by atoms with Gasteiger partial charge in [-0.15, -0.1) is 0 Å². The van der Waals surface area contributed by atoms with Gasteiger partial charge in [-0.05, 0) is 76.6 Å². The van der Waals surface area contributed by atoms with Crippen LogP contribution in [0.5, 0.6) is 0 Å². The van der Waals surface area contributed by atoms with Gasteiger partial charge in [-0.3, -0.25) is 0 Å². The van der Waals surface area contributed by atoms with Crippen molar-refractivity contribution in [1.82, 2.24) is 9.80 Å². The highest BCUT2D eigenvalue weighted by molar-refractivity contribution is 6.31. The maximum atomic E-state index is 6.49. The molecule has 3 nitrogen and oxygen atoms in total. The predicted octanol–water partition coefficient (Wildman–Crippen LogP) is 4.34. The molecule has 4 heteroatoms. The van der Waals surface area contributed by atoms with Gasteiger partial charge in [0, 0.05) is 37.8 Å². The summed E-state index contributed by atoms with van der Waals surface area (Å²) < 4.78 is 5.98. The Morgan fingerprint density at radius 2 is 1.92 bits per heavy atom. The Labute approximate surface area is 164 Å². The van der Waals surface area contributed by atoms with Crippen molar-refractivity contribution in [3.05, 3.63) is 34.9 Å². The second-order valence-electron chi connectivity index (χ2n) is 8.85. The average Bonchev–Trinajstić information content (AvgIpc) is 2.60. The minimum Gasteiger partial charge on any atom is -0.376 e. The van der Waals surface area contributed by atoms with Gasteiger partial charge in [0.1, 0.15) is 0 Å². The van der Waals surface area contributed by atoms with Gasteiger partial charge in [0.2, 0.25) is 0 Å². The lowest BCUT2D eigenvalue weighted by atomic mass is 9.75. The van der Waals surface area contributed by atoms with E-state index in [0.29, 0.717) is 5.92 Å². The molecule has 2 aliphatic rings. The van der Waals surface area contributed by atoms with Crippen molar-refractivity contribution in [2.45, 2.75) is 45.1 Å². The molecule has 146 valence electrons. The Morgan fingerprint density at radius 1 is 1.19 bits per heavy atom. The number of nitrogens with zero attached hydrogens (tertiary/aromatic N) is 2. The van der Waals surface area contributed by atoms with Crippen LogP contribution in [0, 0.1) is 11.8 Å². The first-order valence-electron chi connectivity index (χ1n) is 10.2. The fourth-order valence-electron chi connectivity index (χ4n) is 4.55. The molecular formula is C22H35ClN2O. The van der Waals surface area contributed by atoms with Crippen LogP contribution in [0.2, 0.25) is 5.02 Å². The standard InChI is InChI=1S/C22H35ClN2O/c1-22(2)17-20(9-15-26-22)18(16-19-6-4-5-7-21(19)23)8-10-25-13-11-24(3)12-14-25/h4-7,18,20H,8-17H2,1-3H3. The van der Waals surface area contributed by atoms with Crippen LogP contribution in [0.25, 0.3) is 0 Å². The molecule has 0 N–H and O–H groups in total. The van der Waals surface area contributed by atoms with Crippen molar-refractivity contribution in [2.75, 3.05) is 46.4 Å². The van der Waals surface area contributed by atoms with Gasteiger partial charge in [-0.2, -0.15) is 0 Å². The van der Waals surface area contributed by atoms with Crippen molar-refractivity contribution in [3.63, 3.8) is 0 Å². The minimum absolute atomic E-state index is 0.00941. The summed E-state index contributed by atoms with van der Waals surface area (Å²) >= 11 is 6.49. The van der Waals surface area contributed by atoms with E-state index < -0.39 is 0 Å². The van der Waals surface area contributed by atoms with Gasteiger partial charge in [-0.1, -0.05) is 29.8 Å². The van der Waals surface area contributed by atoms with Crippen molar-refractivity contribution < 1.29 is 4.74 Å². The average molecular weight is 379 g/mol. The normalized spacial score (nSPS) is 25.9. The molecule has 0 spiro atoms. The van der Waals surface area contributed by atoms with E-state index in [4.69, 9.17) is 16.3 Å². The SMILES string of the molecule is CN1CCN(CCC(Cc2ccccc2Cl)C2CCOC(C)(C)C2)CC1. The van der Waals surface area contributed by atoms with E-state index in [-0.39, 0.29) is 5.60 Å². The van der Waals surface area contributed by atoms with Crippen LogP contribution < -0.4 is 0 Å². The summed E-state index contributed by atoms with van der Waals surface area (Å²) in [6, 6.07) is 8.38. The van der Waals surface area contributed by atoms with E-state index in [1.165, 1.54) is 51.1 Å². The van der Waals surface area contributed by atoms with Crippen LogP contribution in [-0.2, 0) is 11.2 Å². The lowest BCUT2D eigenvalue weighted by molar-refractivity contribution is -0.0836. The van der Waals surface area contributed by atoms with Gasteiger partial charge < -0.3 is 14.5 Å². The minimum atomic E-state index is 0.00941. The molecule has 0 bridgehead atoms. The number of hydrogen-bond acceptors (Lipinski definition) is 3. The molecule has 0 aromatic heterocycles. The zero-order valence-electron chi connectivity index (χ0n) is 16.7. The van der Waals surface area contributed by atoms with E-state index in [2.05, 4.69) is 42.8 Å². The molecule has 26 heavy (non-hydrogen) atoms. The van der Waals surface area contributed by atoms with Crippen molar-refractivity contribution in [2.24, 2.45) is 11.8 Å². The monoisotopic (exact) mass is 378 g/mol. The number of ether oxygens (including phenoxy) is 1. The van der Waals surface area contributed by atoms with Crippen molar-refractivity contribution in [1.29, 1.82) is 0 Å². The van der Waals surface area contributed by atoms with E-state index in [0.717, 1.165) is 30.4 Å². The van der Waals surface area contributed by atoms with E-state index in [9.17, 15) is 0 Å². The number of rotatable bonds is 6. The van der Waals surface area contributed by atoms with Crippen LogP contribution in [0.4, 0.5) is 0 Å². The molecule has 2 unspecified atom stereocenters. The Bertz CT molecular complexity index is 569. The number of halogens is 1. The summed E-state index contributed by atoms with van der Waals surface area (Å²) in [5.41, 5.74) is 1.32. The number of likely N-dealkylation sites (N-methyl/N-ethyl adjacent to an activating group) is 1. The van der Waals surface area contributed by atoms with E-state index >= 15 is 0 Å². The third kappa shape index (κ3) is 5.69. The zero-order valence-corrected chi connectivity index (χ0v) is 17.5. The first-order chi connectivity index (χ1) is 12.4. The largest absolute Gasteiger partial charge is 0.376 e. The number of piperazine rings is 1.